The highest BCUT2D eigenvalue weighted by atomic mass is 79.9. The number of hydrogen-bond donors (Lipinski definition) is 2. The second-order valence-corrected chi connectivity index (χ2v) is 7.86. The van der Waals surface area contributed by atoms with Gasteiger partial charge in [-0.25, -0.2) is 4.98 Å². The maximum Gasteiger partial charge on any atom is 0.224 e. The Morgan fingerprint density at radius 1 is 1.20 bits per heavy atom. The van der Waals surface area contributed by atoms with Crippen molar-refractivity contribution in [1.82, 2.24) is 14.9 Å². The fourth-order valence-corrected chi connectivity index (χ4v) is 3.17. The molecule has 1 aromatic heterocycles. The fourth-order valence-electron chi connectivity index (χ4n) is 2.70. The van der Waals surface area contributed by atoms with Gasteiger partial charge in [0.25, 0.3) is 0 Å². The molecule has 0 unspecified atom stereocenters. The minimum absolute atomic E-state index is 0.594. The van der Waals surface area contributed by atoms with Crippen molar-refractivity contribution in [3.63, 3.8) is 0 Å². The molecule has 2 aromatic rings. The maximum atomic E-state index is 4.71. The van der Waals surface area contributed by atoms with E-state index < -0.39 is 0 Å². The average Bonchev–Trinajstić information content (AvgIpc) is 3.39. The van der Waals surface area contributed by atoms with E-state index in [9.17, 15) is 0 Å². The Balaban J connectivity index is 1.73. The zero-order valence-corrected chi connectivity index (χ0v) is 16.7. The topological polar surface area (TPSA) is 53.1 Å². The lowest BCUT2D eigenvalue weighted by atomic mass is 10.2. The van der Waals surface area contributed by atoms with Crippen molar-refractivity contribution in [3.05, 3.63) is 40.0 Å². The Morgan fingerprint density at radius 3 is 2.68 bits per heavy atom. The van der Waals surface area contributed by atoms with Crippen LogP contribution in [0.3, 0.4) is 0 Å². The van der Waals surface area contributed by atoms with Crippen LogP contribution in [0.15, 0.2) is 28.7 Å². The van der Waals surface area contributed by atoms with Crippen LogP contribution in [0.4, 0.5) is 17.5 Å². The Bertz CT molecular complexity index is 728. The third kappa shape index (κ3) is 5.41. The zero-order chi connectivity index (χ0) is 17.8. The van der Waals surface area contributed by atoms with Crippen molar-refractivity contribution in [1.29, 1.82) is 0 Å². The van der Waals surface area contributed by atoms with Crippen LogP contribution in [-0.4, -0.2) is 42.1 Å². The molecule has 0 amide bonds. The van der Waals surface area contributed by atoms with Gasteiger partial charge in [-0.2, -0.15) is 4.98 Å². The van der Waals surface area contributed by atoms with Gasteiger partial charge in [-0.1, -0.05) is 15.9 Å². The molecule has 3 rings (SSSR count). The summed E-state index contributed by atoms with van der Waals surface area (Å²) in [6.45, 7) is 4.03. The van der Waals surface area contributed by atoms with E-state index in [0.29, 0.717) is 5.92 Å². The molecule has 0 saturated heterocycles. The lowest BCUT2D eigenvalue weighted by Crippen LogP contribution is -2.17. The van der Waals surface area contributed by atoms with Gasteiger partial charge in [0, 0.05) is 28.7 Å². The van der Waals surface area contributed by atoms with Crippen molar-refractivity contribution in [2.75, 3.05) is 37.8 Å². The Morgan fingerprint density at radius 2 is 2.00 bits per heavy atom. The van der Waals surface area contributed by atoms with E-state index in [1.807, 2.05) is 6.07 Å². The molecule has 1 saturated carbocycles. The largest absolute Gasteiger partial charge is 0.354 e. The molecule has 1 aliphatic carbocycles. The number of halogens is 1. The van der Waals surface area contributed by atoms with E-state index in [1.165, 1.54) is 18.4 Å². The second kappa shape index (κ2) is 8.15. The summed E-state index contributed by atoms with van der Waals surface area (Å²) in [5, 5.41) is 6.83. The summed E-state index contributed by atoms with van der Waals surface area (Å²) >= 11 is 3.51. The Kier molecular flexibility index (Phi) is 5.91. The van der Waals surface area contributed by atoms with Gasteiger partial charge in [0.05, 0.1) is 5.69 Å². The summed E-state index contributed by atoms with van der Waals surface area (Å²) in [4.78, 5) is 11.6. The van der Waals surface area contributed by atoms with Gasteiger partial charge in [-0.15, -0.1) is 0 Å². The quantitative estimate of drug-likeness (QED) is 0.633. The van der Waals surface area contributed by atoms with E-state index in [2.05, 4.69) is 75.7 Å². The number of aromatic nitrogens is 2. The average molecular weight is 404 g/mol. The molecule has 0 bridgehead atoms. The predicted molar refractivity (Wildman–Crippen MR) is 108 cm³/mol. The molecule has 1 aromatic carbocycles. The summed E-state index contributed by atoms with van der Waals surface area (Å²) < 4.78 is 1.08. The third-order valence-corrected chi connectivity index (χ3v) is 4.75. The molecule has 134 valence electrons. The molecular weight excluding hydrogens is 378 g/mol. The van der Waals surface area contributed by atoms with Crippen LogP contribution in [-0.2, 0) is 0 Å². The first-order valence-electron chi connectivity index (χ1n) is 8.82. The van der Waals surface area contributed by atoms with Crippen LogP contribution in [0.25, 0.3) is 0 Å². The molecule has 5 nitrogen and oxygen atoms in total. The van der Waals surface area contributed by atoms with Crippen molar-refractivity contribution < 1.29 is 0 Å². The van der Waals surface area contributed by atoms with Crippen molar-refractivity contribution >= 4 is 33.4 Å². The van der Waals surface area contributed by atoms with Crippen LogP contribution in [0.5, 0.6) is 0 Å². The van der Waals surface area contributed by atoms with E-state index in [4.69, 9.17) is 4.98 Å². The predicted octanol–water partition coefficient (Wildman–Crippen LogP) is 4.53. The van der Waals surface area contributed by atoms with Crippen molar-refractivity contribution in [2.24, 2.45) is 0 Å². The van der Waals surface area contributed by atoms with Crippen LogP contribution < -0.4 is 10.6 Å². The minimum atomic E-state index is 0.594. The molecule has 1 aliphatic rings. The number of anilines is 3. The van der Waals surface area contributed by atoms with E-state index in [1.54, 1.807) is 0 Å². The zero-order valence-electron chi connectivity index (χ0n) is 15.1. The maximum absolute atomic E-state index is 4.71. The monoisotopic (exact) mass is 403 g/mol. The van der Waals surface area contributed by atoms with Crippen molar-refractivity contribution in [3.8, 4) is 0 Å². The SMILES string of the molecule is Cc1cc(Br)ccc1Nc1cc(C2CC2)nc(NCCCN(C)C)n1. The van der Waals surface area contributed by atoms with Gasteiger partial charge >= 0.3 is 0 Å². The van der Waals surface area contributed by atoms with Gasteiger partial charge in [0.2, 0.25) is 5.95 Å². The van der Waals surface area contributed by atoms with Gasteiger partial charge in [-0.3, -0.25) is 0 Å². The first kappa shape index (κ1) is 18.1. The molecule has 6 heteroatoms. The van der Waals surface area contributed by atoms with Crippen LogP contribution in [0, 0.1) is 6.92 Å². The van der Waals surface area contributed by atoms with Crippen LogP contribution in [0.2, 0.25) is 0 Å². The number of nitrogens with zero attached hydrogens (tertiary/aromatic N) is 3. The first-order chi connectivity index (χ1) is 12.0. The molecule has 25 heavy (non-hydrogen) atoms. The number of hydrogen-bond acceptors (Lipinski definition) is 5. The standard InChI is InChI=1S/C19H26BrN5/c1-13-11-15(20)7-8-16(13)22-18-12-17(14-5-6-14)23-19(24-18)21-9-4-10-25(2)3/h7-8,11-12,14H,4-6,9-10H2,1-3H3,(H2,21,22,23,24). The number of benzene rings is 1. The fraction of sp³-hybridized carbons (Fsp3) is 0.474. The highest BCUT2D eigenvalue weighted by Crippen LogP contribution is 2.40. The molecule has 0 spiro atoms. The minimum Gasteiger partial charge on any atom is -0.354 e. The summed E-state index contributed by atoms with van der Waals surface area (Å²) in [7, 11) is 4.18. The molecule has 0 radical (unpaired) electrons. The third-order valence-electron chi connectivity index (χ3n) is 4.26. The number of rotatable bonds is 8. The van der Waals surface area contributed by atoms with Gasteiger partial charge < -0.3 is 15.5 Å². The molecule has 1 heterocycles. The second-order valence-electron chi connectivity index (χ2n) is 6.94. The van der Waals surface area contributed by atoms with Crippen LogP contribution in [0.1, 0.15) is 36.4 Å². The molecule has 2 N–H and O–H groups in total. The van der Waals surface area contributed by atoms with E-state index in [-0.39, 0.29) is 0 Å². The normalized spacial score (nSPS) is 14.0. The van der Waals surface area contributed by atoms with Crippen LogP contribution >= 0.6 is 15.9 Å². The lowest BCUT2D eigenvalue weighted by Gasteiger charge is -2.13. The molecule has 0 aliphatic heterocycles. The van der Waals surface area contributed by atoms with Crippen molar-refractivity contribution in [2.45, 2.75) is 32.1 Å². The molecular formula is C19H26BrN5. The Hall–Kier alpha value is -1.66. The highest BCUT2D eigenvalue weighted by molar-refractivity contribution is 9.10. The van der Waals surface area contributed by atoms with E-state index in [0.717, 1.165) is 47.1 Å². The van der Waals surface area contributed by atoms with Gasteiger partial charge in [0.15, 0.2) is 0 Å². The highest BCUT2D eigenvalue weighted by Gasteiger charge is 2.26. The number of nitrogens with one attached hydrogen (secondary N) is 2. The smallest absolute Gasteiger partial charge is 0.224 e. The van der Waals surface area contributed by atoms with E-state index >= 15 is 0 Å². The van der Waals surface area contributed by atoms with Gasteiger partial charge in [0.1, 0.15) is 5.82 Å². The lowest BCUT2D eigenvalue weighted by molar-refractivity contribution is 0.405. The molecule has 0 atom stereocenters. The van der Waals surface area contributed by atoms with Gasteiger partial charge in [-0.05, 0) is 70.6 Å². The summed E-state index contributed by atoms with van der Waals surface area (Å²) in [6, 6.07) is 8.30. The number of aryl methyl sites for hydroxylation is 1. The first-order valence-corrected chi connectivity index (χ1v) is 9.61. The summed E-state index contributed by atoms with van der Waals surface area (Å²) in [6.07, 6.45) is 3.53. The Labute approximate surface area is 158 Å². The summed E-state index contributed by atoms with van der Waals surface area (Å²) in [5.74, 6) is 2.18. The summed E-state index contributed by atoms with van der Waals surface area (Å²) in [5.41, 5.74) is 3.39. The molecule has 1 fully saturated rings.